The highest BCUT2D eigenvalue weighted by molar-refractivity contribution is 6.07. The van der Waals surface area contributed by atoms with Crippen LogP contribution < -0.4 is 20.7 Å². The number of piperazine rings is 1. The number of carbonyl (C=O) groups is 1. The maximum Gasteiger partial charge on any atom is 0.417 e. The Morgan fingerprint density at radius 3 is 2.49 bits per heavy atom. The number of hydrogen-bond acceptors (Lipinski definition) is 8. The molecule has 1 amide bonds. The lowest BCUT2D eigenvalue weighted by Crippen LogP contribution is -2.50. The van der Waals surface area contributed by atoms with Gasteiger partial charge in [-0.05, 0) is 38.9 Å². The molecule has 14 heteroatoms. The summed E-state index contributed by atoms with van der Waals surface area (Å²) in [4.78, 5) is 41.8. The number of amides is 1. The Morgan fingerprint density at radius 1 is 1.14 bits per heavy atom. The van der Waals surface area contributed by atoms with Gasteiger partial charge >= 0.3 is 6.18 Å². The Labute approximate surface area is 245 Å². The van der Waals surface area contributed by atoms with E-state index in [1.807, 2.05) is 30.8 Å². The lowest BCUT2D eigenvalue weighted by Gasteiger charge is -2.39. The van der Waals surface area contributed by atoms with Crippen molar-refractivity contribution in [2.75, 3.05) is 62.1 Å². The third kappa shape index (κ3) is 6.64. The minimum atomic E-state index is -4.94. The topological polar surface area (TPSA) is 107 Å². The molecule has 0 radical (unpaired) electrons. The van der Waals surface area contributed by atoms with Crippen LogP contribution in [0.3, 0.4) is 0 Å². The molecule has 5 rings (SSSR count). The molecule has 2 aliphatic heterocycles. The van der Waals surface area contributed by atoms with Crippen LogP contribution in [0.25, 0.3) is 11.1 Å². The molecular weight excluding hydrogens is 570 g/mol. The lowest BCUT2D eigenvalue weighted by atomic mass is 10.0. The number of benzene rings is 1. The Kier molecular flexibility index (Phi) is 8.69. The molecule has 0 spiro atoms. The summed E-state index contributed by atoms with van der Waals surface area (Å²) in [7, 11) is 3.85. The first kappa shape index (κ1) is 30.4. The fourth-order valence-corrected chi connectivity index (χ4v) is 5.37. The number of nitrogens with one attached hydrogen (secondary N) is 2. The van der Waals surface area contributed by atoms with Crippen molar-refractivity contribution in [2.45, 2.75) is 38.0 Å². The molecular formula is C29H33F4N7O3. The summed E-state index contributed by atoms with van der Waals surface area (Å²) in [5.41, 5.74) is -2.30. The Bertz CT molecular complexity index is 1520. The van der Waals surface area contributed by atoms with Gasteiger partial charge in [0.05, 0.1) is 22.5 Å². The van der Waals surface area contributed by atoms with Gasteiger partial charge in [0, 0.05) is 87.8 Å². The largest absolute Gasteiger partial charge is 0.417 e. The van der Waals surface area contributed by atoms with Crippen molar-refractivity contribution >= 4 is 23.2 Å². The number of alkyl halides is 3. The van der Waals surface area contributed by atoms with E-state index in [0.717, 1.165) is 19.0 Å². The van der Waals surface area contributed by atoms with Crippen molar-refractivity contribution in [3.8, 4) is 11.1 Å². The van der Waals surface area contributed by atoms with Gasteiger partial charge in [-0.3, -0.25) is 9.59 Å². The van der Waals surface area contributed by atoms with Gasteiger partial charge in [-0.1, -0.05) is 0 Å². The number of pyridine rings is 1. The smallest absolute Gasteiger partial charge is 0.381 e. The number of hydrogen-bond donors (Lipinski definition) is 2. The summed E-state index contributed by atoms with van der Waals surface area (Å²) in [6, 6.07) is 3.29. The van der Waals surface area contributed by atoms with Gasteiger partial charge < -0.3 is 29.7 Å². The van der Waals surface area contributed by atoms with Crippen LogP contribution in [-0.4, -0.2) is 84.8 Å². The van der Waals surface area contributed by atoms with Crippen LogP contribution in [0.5, 0.6) is 0 Å². The van der Waals surface area contributed by atoms with Crippen molar-refractivity contribution in [3.05, 3.63) is 64.1 Å². The molecule has 0 aliphatic carbocycles. The van der Waals surface area contributed by atoms with Gasteiger partial charge in [-0.25, -0.2) is 14.4 Å². The molecule has 10 nitrogen and oxygen atoms in total. The molecule has 43 heavy (non-hydrogen) atoms. The Hall–Kier alpha value is -4.04. The maximum atomic E-state index is 15.7. The molecule has 230 valence electrons. The molecule has 0 saturated carbocycles. The highest BCUT2D eigenvalue weighted by atomic mass is 19.4. The second-order valence-electron chi connectivity index (χ2n) is 10.9. The van der Waals surface area contributed by atoms with Gasteiger partial charge in [0.15, 0.2) is 0 Å². The van der Waals surface area contributed by atoms with E-state index in [9.17, 15) is 22.8 Å². The van der Waals surface area contributed by atoms with Gasteiger partial charge in [0.25, 0.3) is 5.91 Å². The summed E-state index contributed by atoms with van der Waals surface area (Å²) in [5, 5.41) is 2.55. The van der Waals surface area contributed by atoms with Gasteiger partial charge in [-0.2, -0.15) is 13.2 Å². The average Bonchev–Trinajstić information content (AvgIpc) is 2.99. The standard InChI is InChI=1S/C29H33F4N7O3/c1-17-16-40(7-6-38(17)2)25-12-23(30)20(18-13-35-28(36-14-18)39(3)19-4-8-43-9-5-19)10-24(25)37-27(42)21-15-34-26(41)11-22(21)29(31,32)33/h10-15,17,19H,4-9,16H2,1-3H3,(H,34,41)(H,37,42)/t17-/m0/s1. The number of nitrogens with zero attached hydrogens (tertiary/aromatic N) is 5. The second-order valence-corrected chi connectivity index (χ2v) is 10.9. The third-order valence-electron chi connectivity index (χ3n) is 8.11. The number of H-pyrrole nitrogens is 1. The second kappa shape index (κ2) is 12.3. The predicted molar refractivity (Wildman–Crippen MR) is 154 cm³/mol. The molecule has 2 fully saturated rings. The van der Waals surface area contributed by atoms with E-state index in [1.54, 1.807) is 0 Å². The van der Waals surface area contributed by atoms with Crippen molar-refractivity contribution < 1.29 is 27.1 Å². The molecule has 0 bridgehead atoms. The van der Waals surface area contributed by atoms with Crippen molar-refractivity contribution in [1.82, 2.24) is 19.9 Å². The molecule has 1 aromatic carbocycles. The normalized spacial score (nSPS) is 18.5. The van der Waals surface area contributed by atoms with Crippen LogP contribution in [0.4, 0.5) is 34.9 Å². The van der Waals surface area contributed by atoms with Crippen molar-refractivity contribution in [3.63, 3.8) is 0 Å². The summed E-state index contributed by atoms with van der Waals surface area (Å²) < 4.78 is 62.2. The summed E-state index contributed by atoms with van der Waals surface area (Å²) in [6.45, 7) is 4.96. The molecule has 4 heterocycles. The van der Waals surface area contributed by atoms with E-state index in [0.29, 0.717) is 56.1 Å². The first-order chi connectivity index (χ1) is 20.4. The van der Waals surface area contributed by atoms with Gasteiger partial charge in [-0.15, -0.1) is 0 Å². The number of carbonyl (C=O) groups excluding carboxylic acids is 1. The Balaban J connectivity index is 1.51. The van der Waals surface area contributed by atoms with Crippen LogP contribution in [0, 0.1) is 5.82 Å². The number of aromatic nitrogens is 3. The van der Waals surface area contributed by atoms with Crippen LogP contribution >= 0.6 is 0 Å². The third-order valence-corrected chi connectivity index (χ3v) is 8.11. The van der Waals surface area contributed by atoms with Crippen LogP contribution in [-0.2, 0) is 10.9 Å². The number of halogens is 4. The van der Waals surface area contributed by atoms with Crippen LogP contribution in [0.2, 0.25) is 0 Å². The van der Waals surface area contributed by atoms with Crippen LogP contribution in [0.1, 0.15) is 35.7 Å². The Morgan fingerprint density at radius 2 is 1.84 bits per heavy atom. The number of ether oxygens (including phenoxy) is 1. The molecule has 0 unspecified atom stereocenters. The minimum absolute atomic E-state index is 0.0685. The minimum Gasteiger partial charge on any atom is -0.381 e. The first-order valence-corrected chi connectivity index (χ1v) is 14.0. The highest BCUT2D eigenvalue weighted by Crippen LogP contribution is 2.37. The van der Waals surface area contributed by atoms with E-state index in [1.165, 1.54) is 24.5 Å². The quantitative estimate of drug-likeness (QED) is 0.408. The number of likely N-dealkylation sites (N-methyl/N-ethyl adjacent to an activating group) is 1. The number of rotatable bonds is 6. The molecule has 2 aliphatic rings. The first-order valence-electron chi connectivity index (χ1n) is 14.0. The molecule has 1 atom stereocenters. The monoisotopic (exact) mass is 603 g/mol. The summed E-state index contributed by atoms with van der Waals surface area (Å²) in [6.07, 6.45) is 0.395. The molecule has 2 N–H and O–H groups in total. The zero-order valence-corrected chi connectivity index (χ0v) is 24.0. The summed E-state index contributed by atoms with van der Waals surface area (Å²) in [5.74, 6) is -1.24. The van der Waals surface area contributed by atoms with Gasteiger partial charge in [0.1, 0.15) is 5.82 Å². The molecule has 2 saturated heterocycles. The van der Waals surface area contributed by atoms with E-state index >= 15 is 4.39 Å². The lowest BCUT2D eigenvalue weighted by molar-refractivity contribution is -0.138. The highest BCUT2D eigenvalue weighted by Gasteiger charge is 2.36. The maximum absolute atomic E-state index is 15.7. The molecule has 2 aromatic heterocycles. The SMILES string of the molecule is C[C@H]1CN(c2cc(F)c(-c3cnc(N(C)C4CCOCC4)nc3)cc2NC(=O)c2c[nH]c(=O)cc2C(F)(F)F)CCN1C. The van der Waals surface area contributed by atoms with Crippen LogP contribution in [0.15, 0.2) is 41.6 Å². The fraction of sp³-hybridized carbons (Fsp3) is 0.448. The van der Waals surface area contributed by atoms with Gasteiger partial charge in [0.2, 0.25) is 11.5 Å². The zero-order valence-electron chi connectivity index (χ0n) is 24.0. The number of aromatic amines is 1. The van der Waals surface area contributed by atoms with E-state index in [4.69, 9.17) is 4.74 Å². The van der Waals surface area contributed by atoms with E-state index < -0.39 is 34.6 Å². The van der Waals surface area contributed by atoms with E-state index in [2.05, 4.69) is 25.2 Å². The zero-order chi connectivity index (χ0) is 30.9. The fourth-order valence-electron chi connectivity index (χ4n) is 5.37. The van der Waals surface area contributed by atoms with E-state index in [-0.39, 0.29) is 23.3 Å². The average molecular weight is 604 g/mol. The molecule has 3 aromatic rings. The van der Waals surface area contributed by atoms with Crippen molar-refractivity contribution in [1.29, 1.82) is 0 Å². The predicted octanol–water partition coefficient (Wildman–Crippen LogP) is 4.00. The number of anilines is 3. The summed E-state index contributed by atoms with van der Waals surface area (Å²) >= 11 is 0. The van der Waals surface area contributed by atoms with Crippen molar-refractivity contribution in [2.24, 2.45) is 0 Å².